The molecule has 1 amide bonds. The first-order chi connectivity index (χ1) is 9.58. The molecule has 0 saturated heterocycles. The lowest BCUT2D eigenvalue weighted by atomic mass is 10.3. The molecule has 0 fully saturated rings. The van der Waals surface area contributed by atoms with Crippen LogP contribution in [0.5, 0.6) is 5.75 Å². The first kappa shape index (κ1) is 19.3. The van der Waals surface area contributed by atoms with Gasteiger partial charge in [0.15, 0.2) is 5.75 Å². The fourth-order valence-corrected chi connectivity index (χ4v) is 5.58. The number of carbonyl (C=O) groups is 2. The molecule has 116 valence electrons. The standard InChI is InChI=1S/C11H10I3NO5S/c1-21(18,19)15-9(16)2-3-10(17)20-11-7(13)4-6(12)5-8(11)14/h4-5H,2-3H2,1H3,(H,15,16). The number of hydrogen-bond donors (Lipinski definition) is 1. The zero-order valence-corrected chi connectivity index (χ0v) is 17.9. The van der Waals surface area contributed by atoms with Gasteiger partial charge in [0.25, 0.3) is 0 Å². The molecule has 0 aliphatic carbocycles. The van der Waals surface area contributed by atoms with Gasteiger partial charge in [0.05, 0.1) is 19.8 Å². The van der Waals surface area contributed by atoms with Crippen molar-refractivity contribution in [1.29, 1.82) is 0 Å². The zero-order valence-electron chi connectivity index (χ0n) is 10.7. The topological polar surface area (TPSA) is 89.5 Å². The molecule has 1 aromatic rings. The second kappa shape index (κ2) is 8.24. The van der Waals surface area contributed by atoms with Gasteiger partial charge in [-0.3, -0.25) is 14.3 Å². The highest BCUT2D eigenvalue weighted by Crippen LogP contribution is 2.29. The third-order valence-corrected chi connectivity index (χ3v) is 4.86. The lowest BCUT2D eigenvalue weighted by Gasteiger charge is -2.09. The number of rotatable bonds is 5. The van der Waals surface area contributed by atoms with E-state index in [2.05, 4.69) is 67.8 Å². The minimum absolute atomic E-state index is 0.195. The highest BCUT2D eigenvalue weighted by atomic mass is 127. The summed E-state index contributed by atoms with van der Waals surface area (Å²) in [5.41, 5.74) is 0. The molecular formula is C11H10I3NO5S. The van der Waals surface area contributed by atoms with Crippen molar-refractivity contribution in [3.05, 3.63) is 22.8 Å². The summed E-state index contributed by atoms with van der Waals surface area (Å²) in [5.74, 6) is -0.873. The Morgan fingerprint density at radius 3 is 2.14 bits per heavy atom. The molecule has 0 aliphatic rings. The van der Waals surface area contributed by atoms with E-state index in [9.17, 15) is 18.0 Å². The van der Waals surface area contributed by atoms with Gasteiger partial charge in [-0.2, -0.15) is 0 Å². The van der Waals surface area contributed by atoms with Crippen LogP contribution in [0.25, 0.3) is 0 Å². The molecule has 0 bridgehead atoms. The molecule has 0 aromatic heterocycles. The smallest absolute Gasteiger partial charge is 0.311 e. The molecule has 0 spiro atoms. The summed E-state index contributed by atoms with van der Waals surface area (Å²) in [7, 11) is -3.60. The van der Waals surface area contributed by atoms with Gasteiger partial charge in [-0.15, -0.1) is 0 Å². The lowest BCUT2D eigenvalue weighted by Crippen LogP contribution is -2.29. The van der Waals surface area contributed by atoms with Crippen LogP contribution in [-0.2, 0) is 19.6 Å². The molecule has 0 radical (unpaired) electrons. The minimum atomic E-state index is -3.60. The van der Waals surface area contributed by atoms with Crippen molar-refractivity contribution in [3.63, 3.8) is 0 Å². The van der Waals surface area contributed by atoms with Gasteiger partial charge in [0, 0.05) is 9.99 Å². The van der Waals surface area contributed by atoms with Crippen molar-refractivity contribution in [2.24, 2.45) is 0 Å². The van der Waals surface area contributed by atoms with Crippen LogP contribution >= 0.6 is 67.8 Å². The second-order valence-electron chi connectivity index (χ2n) is 3.97. The Balaban J connectivity index is 2.61. The van der Waals surface area contributed by atoms with Gasteiger partial charge in [0.2, 0.25) is 15.9 Å². The molecule has 10 heteroatoms. The number of esters is 1. The van der Waals surface area contributed by atoms with Gasteiger partial charge < -0.3 is 4.74 Å². The van der Waals surface area contributed by atoms with Crippen molar-refractivity contribution in [1.82, 2.24) is 4.72 Å². The third-order valence-electron chi connectivity index (χ3n) is 2.03. The average molecular weight is 649 g/mol. The van der Waals surface area contributed by atoms with Crippen molar-refractivity contribution in [2.75, 3.05) is 6.26 Å². The van der Waals surface area contributed by atoms with Crippen molar-refractivity contribution < 1.29 is 22.7 Å². The van der Waals surface area contributed by atoms with Crippen LogP contribution in [-0.4, -0.2) is 26.6 Å². The number of amides is 1. The maximum absolute atomic E-state index is 11.7. The van der Waals surface area contributed by atoms with E-state index in [-0.39, 0.29) is 12.8 Å². The van der Waals surface area contributed by atoms with Crippen LogP contribution in [0.15, 0.2) is 12.1 Å². The average Bonchev–Trinajstić information content (AvgIpc) is 2.29. The first-order valence-corrected chi connectivity index (χ1v) is 10.6. The number of benzene rings is 1. The normalized spacial score (nSPS) is 11.0. The molecule has 21 heavy (non-hydrogen) atoms. The van der Waals surface area contributed by atoms with Gasteiger partial charge in [-0.05, 0) is 79.9 Å². The maximum Gasteiger partial charge on any atom is 0.311 e. The Kier molecular flexibility index (Phi) is 7.59. The fourth-order valence-electron chi connectivity index (χ4n) is 1.26. The zero-order chi connectivity index (χ0) is 16.2. The molecule has 1 rings (SSSR count). The first-order valence-electron chi connectivity index (χ1n) is 5.44. The Labute approximate surface area is 163 Å². The molecular weight excluding hydrogens is 639 g/mol. The van der Waals surface area contributed by atoms with E-state index in [1.807, 2.05) is 12.1 Å². The number of ether oxygens (including phenoxy) is 1. The molecule has 0 aliphatic heterocycles. The van der Waals surface area contributed by atoms with E-state index in [1.165, 1.54) is 0 Å². The molecule has 0 heterocycles. The lowest BCUT2D eigenvalue weighted by molar-refractivity contribution is -0.136. The molecule has 1 aromatic carbocycles. The predicted molar refractivity (Wildman–Crippen MR) is 102 cm³/mol. The van der Waals surface area contributed by atoms with E-state index in [0.717, 1.165) is 17.0 Å². The molecule has 1 N–H and O–H groups in total. The monoisotopic (exact) mass is 649 g/mol. The molecule has 6 nitrogen and oxygen atoms in total. The second-order valence-corrected chi connectivity index (χ2v) is 9.29. The summed E-state index contributed by atoms with van der Waals surface area (Å²) < 4.78 is 31.3. The Hall–Kier alpha value is 0.300. The third kappa shape index (κ3) is 7.40. The summed E-state index contributed by atoms with van der Waals surface area (Å²) >= 11 is 6.28. The summed E-state index contributed by atoms with van der Waals surface area (Å²) in [5, 5.41) is 0. The Morgan fingerprint density at radius 2 is 1.67 bits per heavy atom. The summed E-state index contributed by atoms with van der Waals surface area (Å²) in [6.07, 6.45) is 0.433. The number of hydrogen-bond acceptors (Lipinski definition) is 5. The van der Waals surface area contributed by atoms with Gasteiger partial charge >= 0.3 is 5.97 Å². The van der Waals surface area contributed by atoms with Crippen LogP contribution in [0.2, 0.25) is 0 Å². The van der Waals surface area contributed by atoms with Crippen LogP contribution in [0.3, 0.4) is 0 Å². The van der Waals surface area contributed by atoms with Crippen molar-refractivity contribution >= 4 is 89.7 Å². The minimum Gasteiger partial charge on any atom is -0.424 e. The van der Waals surface area contributed by atoms with Crippen molar-refractivity contribution in [3.8, 4) is 5.75 Å². The van der Waals surface area contributed by atoms with Crippen LogP contribution in [0.1, 0.15) is 12.8 Å². The molecule has 0 saturated carbocycles. The predicted octanol–water partition coefficient (Wildman–Crippen LogP) is 2.26. The maximum atomic E-state index is 11.7. The van der Waals surface area contributed by atoms with Crippen molar-refractivity contribution in [2.45, 2.75) is 12.8 Å². The van der Waals surface area contributed by atoms with E-state index >= 15 is 0 Å². The van der Waals surface area contributed by atoms with Crippen LogP contribution < -0.4 is 9.46 Å². The molecule has 0 unspecified atom stereocenters. The SMILES string of the molecule is CS(=O)(=O)NC(=O)CCC(=O)Oc1c(I)cc(I)cc1I. The summed E-state index contributed by atoms with van der Waals surface area (Å²) in [6.45, 7) is 0. The van der Waals surface area contributed by atoms with Gasteiger partial charge in [0.1, 0.15) is 0 Å². The highest BCUT2D eigenvalue weighted by Gasteiger charge is 2.15. The largest absolute Gasteiger partial charge is 0.424 e. The number of halogens is 3. The van der Waals surface area contributed by atoms with E-state index in [0.29, 0.717) is 5.75 Å². The summed E-state index contributed by atoms with van der Waals surface area (Å²) in [4.78, 5) is 23.0. The highest BCUT2D eigenvalue weighted by molar-refractivity contribution is 14.1. The van der Waals surface area contributed by atoms with Gasteiger partial charge in [-0.1, -0.05) is 0 Å². The number of nitrogens with one attached hydrogen (secondary N) is 1. The van der Waals surface area contributed by atoms with E-state index < -0.39 is 21.9 Å². The van der Waals surface area contributed by atoms with E-state index in [1.54, 1.807) is 4.72 Å². The molecule has 0 atom stereocenters. The Morgan fingerprint density at radius 1 is 1.14 bits per heavy atom. The number of sulfonamides is 1. The quantitative estimate of drug-likeness (QED) is 0.301. The van der Waals surface area contributed by atoms with Crippen LogP contribution in [0, 0.1) is 10.7 Å². The van der Waals surface area contributed by atoms with E-state index in [4.69, 9.17) is 4.74 Å². The Bertz CT molecular complexity index is 651. The fraction of sp³-hybridized carbons (Fsp3) is 0.273. The van der Waals surface area contributed by atoms with Gasteiger partial charge in [-0.25, -0.2) is 8.42 Å². The number of carbonyl (C=O) groups excluding carboxylic acids is 2. The van der Waals surface area contributed by atoms with Crippen LogP contribution in [0.4, 0.5) is 0 Å². The summed E-state index contributed by atoms with van der Waals surface area (Å²) in [6, 6.07) is 3.73.